The molecule has 2 N–H and O–H groups in total. The summed E-state index contributed by atoms with van der Waals surface area (Å²) in [5.41, 5.74) is 1.00. The molecule has 2 atom stereocenters. The highest BCUT2D eigenvalue weighted by Crippen LogP contribution is 2.48. The van der Waals surface area contributed by atoms with Gasteiger partial charge >= 0.3 is 5.97 Å². The summed E-state index contributed by atoms with van der Waals surface area (Å²) in [5, 5.41) is 13.0. The van der Waals surface area contributed by atoms with Gasteiger partial charge in [0, 0.05) is 23.8 Å². The zero-order valence-electron chi connectivity index (χ0n) is 13.5. The minimum atomic E-state index is -0.714. The molecule has 0 aromatic heterocycles. The summed E-state index contributed by atoms with van der Waals surface area (Å²) in [5.74, 6) is -0.676. The average molecular weight is 373 g/mol. The van der Waals surface area contributed by atoms with Crippen LogP contribution in [-0.2, 0) is 9.59 Å². The van der Waals surface area contributed by atoms with Crippen LogP contribution in [0.3, 0.4) is 0 Å². The summed E-state index contributed by atoms with van der Waals surface area (Å²) in [7, 11) is 0. The van der Waals surface area contributed by atoms with Crippen LogP contribution in [0.2, 0.25) is 5.02 Å². The average Bonchev–Trinajstić information content (AvgIpc) is 3.00. The van der Waals surface area contributed by atoms with Gasteiger partial charge in [0.05, 0.1) is 12.0 Å². The number of carboxylic acid groups (broad SMARTS) is 1. The Morgan fingerprint density at radius 3 is 2.88 bits per heavy atom. The Labute approximate surface area is 152 Å². The van der Waals surface area contributed by atoms with Crippen molar-refractivity contribution in [3.63, 3.8) is 0 Å². The van der Waals surface area contributed by atoms with Crippen LogP contribution in [0.15, 0.2) is 18.2 Å². The summed E-state index contributed by atoms with van der Waals surface area (Å²) in [6.07, 6.45) is 2.63. The number of amides is 1. The number of anilines is 1. The van der Waals surface area contributed by atoms with E-state index in [1.54, 1.807) is 12.1 Å². The Morgan fingerprint density at radius 1 is 1.46 bits per heavy atom. The van der Waals surface area contributed by atoms with Crippen LogP contribution in [0, 0.1) is 18.3 Å². The maximum absolute atomic E-state index is 12.3. The van der Waals surface area contributed by atoms with Crippen LogP contribution in [-0.4, -0.2) is 41.5 Å². The number of benzene rings is 1. The SMILES string of the molecule is Cc1ccc(Cl)cc1NC(=O)CN1C[C@@H]2CCC[C@@]2(C(=O)O)C1.Cl. The quantitative estimate of drug-likeness (QED) is 0.851. The normalized spacial score (nSPS) is 25.8. The topological polar surface area (TPSA) is 69.6 Å². The van der Waals surface area contributed by atoms with Crippen LogP contribution >= 0.6 is 24.0 Å². The predicted octanol–water partition coefficient (Wildman–Crippen LogP) is 3.20. The predicted molar refractivity (Wildman–Crippen MR) is 95.9 cm³/mol. The monoisotopic (exact) mass is 372 g/mol. The lowest BCUT2D eigenvalue weighted by molar-refractivity contribution is -0.149. The van der Waals surface area contributed by atoms with E-state index in [2.05, 4.69) is 5.32 Å². The van der Waals surface area contributed by atoms with E-state index in [-0.39, 0.29) is 30.8 Å². The Morgan fingerprint density at radius 2 is 2.21 bits per heavy atom. The van der Waals surface area contributed by atoms with E-state index in [9.17, 15) is 14.7 Å². The molecule has 0 unspecified atom stereocenters. The summed E-state index contributed by atoms with van der Waals surface area (Å²) >= 11 is 5.96. The Kier molecular flexibility index (Phi) is 5.78. The molecule has 1 aliphatic carbocycles. The fourth-order valence-electron chi connectivity index (χ4n) is 3.99. The first kappa shape index (κ1) is 19.0. The van der Waals surface area contributed by atoms with E-state index < -0.39 is 11.4 Å². The molecule has 1 amide bonds. The summed E-state index contributed by atoms with van der Waals surface area (Å²) in [4.78, 5) is 25.9. The van der Waals surface area contributed by atoms with Gasteiger partial charge in [0.15, 0.2) is 0 Å². The molecule has 3 rings (SSSR count). The van der Waals surface area contributed by atoms with Crippen LogP contribution in [0.4, 0.5) is 5.69 Å². The molecule has 5 nitrogen and oxygen atoms in total. The van der Waals surface area contributed by atoms with Gasteiger partial charge in [-0.15, -0.1) is 12.4 Å². The second kappa shape index (κ2) is 7.30. The summed E-state index contributed by atoms with van der Waals surface area (Å²) in [6.45, 7) is 3.28. The van der Waals surface area contributed by atoms with E-state index in [1.807, 2.05) is 17.9 Å². The zero-order valence-corrected chi connectivity index (χ0v) is 15.1. The van der Waals surface area contributed by atoms with E-state index in [1.165, 1.54) is 0 Å². The highest BCUT2D eigenvalue weighted by atomic mass is 35.5. The van der Waals surface area contributed by atoms with Crippen molar-refractivity contribution in [2.45, 2.75) is 26.2 Å². The third-order valence-electron chi connectivity index (χ3n) is 5.21. The molecule has 2 aliphatic rings. The van der Waals surface area contributed by atoms with Crippen LogP contribution in [0.5, 0.6) is 0 Å². The molecule has 2 fully saturated rings. The second-order valence-electron chi connectivity index (χ2n) is 6.73. The number of halogens is 2. The second-order valence-corrected chi connectivity index (χ2v) is 7.16. The number of carboxylic acids is 1. The number of fused-ring (bicyclic) bond motifs is 1. The van der Waals surface area contributed by atoms with Gasteiger partial charge in [-0.05, 0) is 43.4 Å². The minimum absolute atomic E-state index is 0. The molecule has 1 aromatic carbocycles. The number of hydrogen-bond donors (Lipinski definition) is 2. The number of nitrogens with one attached hydrogen (secondary N) is 1. The van der Waals surface area contributed by atoms with Gasteiger partial charge < -0.3 is 10.4 Å². The molecule has 132 valence electrons. The van der Waals surface area contributed by atoms with E-state index in [0.29, 0.717) is 23.8 Å². The smallest absolute Gasteiger partial charge is 0.311 e. The van der Waals surface area contributed by atoms with Crippen LogP contribution in [0.25, 0.3) is 0 Å². The fourth-order valence-corrected chi connectivity index (χ4v) is 4.16. The van der Waals surface area contributed by atoms with Crippen LogP contribution < -0.4 is 5.32 Å². The zero-order chi connectivity index (χ0) is 16.6. The Bertz CT molecular complexity index is 653. The van der Waals surface area contributed by atoms with Gasteiger partial charge in [0.25, 0.3) is 0 Å². The first-order chi connectivity index (χ1) is 10.9. The number of carbonyl (C=O) groups excluding carboxylic acids is 1. The summed E-state index contributed by atoms with van der Waals surface area (Å²) < 4.78 is 0. The minimum Gasteiger partial charge on any atom is -0.481 e. The molecule has 1 saturated heterocycles. The fraction of sp³-hybridized carbons (Fsp3) is 0.529. The third kappa shape index (κ3) is 3.53. The molecule has 1 aliphatic heterocycles. The van der Waals surface area contributed by atoms with Crippen molar-refractivity contribution >= 4 is 41.6 Å². The number of carbonyl (C=O) groups is 2. The maximum Gasteiger partial charge on any atom is 0.311 e. The molecular formula is C17H22Cl2N2O3. The van der Waals surface area contributed by atoms with Gasteiger partial charge in [-0.1, -0.05) is 24.1 Å². The van der Waals surface area contributed by atoms with Crippen molar-refractivity contribution in [2.75, 3.05) is 25.0 Å². The van der Waals surface area contributed by atoms with E-state index in [0.717, 1.165) is 24.8 Å². The van der Waals surface area contributed by atoms with E-state index >= 15 is 0 Å². The maximum atomic E-state index is 12.3. The number of hydrogen-bond acceptors (Lipinski definition) is 3. The van der Waals surface area contributed by atoms with Crippen molar-refractivity contribution in [3.8, 4) is 0 Å². The highest BCUT2D eigenvalue weighted by molar-refractivity contribution is 6.31. The molecular weight excluding hydrogens is 351 g/mol. The highest BCUT2D eigenvalue weighted by Gasteiger charge is 2.54. The van der Waals surface area contributed by atoms with Gasteiger partial charge in [-0.2, -0.15) is 0 Å². The van der Waals surface area contributed by atoms with E-state index in [4.69, 9.17) is 11.6 Å². The molecule has 1 aromatic rings. The number of likely N-dealkylation sites (tertiary alicyclic amines) is 1. The van der Waals surface area contributed by atoms with Crippen LogP contribution in [0.1, 0.15) is 24.8 Å². The lowest BCUT2D eigenvalue weighted by atomic mass is 9.81. The lowest BCUT2D eigenvalue weighted by Crippen LogP contribution is -2.37. The van der Waals surface area contributed by atoms with Gasteiger partial charge in [-0.25, -0.2) is 0 Å². The molecule has 1 saturated carbocycles. The number of nitrogens with zero attached hydrogens (tertiary/aromatic N) is 1. The van der Waals surface area contributed by atoms with Crippen molar-refractivity contribution < 1.29 is 14.7 Å². The molecule has 1 heterocycles. The van der Waals surface area contributed by atoms with Gasteiger partial charge in [0.2, 0.25) is 5.91 Å². The number of aryl methyl sites for hydroxylation is 1. The molecule has 0 bridgehead atoms. The van der Waals surface area contributed by atoms with Crippen molar-refractivity contribution in [1.82, 2.24) is 4.90 Å². The van der Waals surface area contributed by atoms with Gasteiger partial charge in [-0.3, -0.25) is 14.5 Å². The van der Waals surface area contributed by atoms with Crippen molar-refractivity contribution in [1.29, 1.82) is 0 Å². The first-order valence-electron chi connectivity index (χ1n) is 7.92. The summed E-state index contributed by atoms with van der Waals surface area (Å²) in [6, 6.07) is 5.37. The largest absolute Gasteiger partial charge is 0.481 e. The number of rotatable bonds is 4. The number of aliphatic carboxylic acids is 1. The first-order valence-corrected chi connectivity index (χ1v) is 8.30. The standard InChI is InChI=1S/C17H21ClN2O3.ClH/c1-11-4-5-13(18)7-14(11)19-15(21)9-20-8-12-3-2-6-17(12,10-20)16(22)23;/h4-5,7,12H,2-3,6,8-10H2,1H3,(H,19,21)(H,22,23);1H/t12-,17+;/m0./s1. The molecule has 0 radical (unpaired) electrons. The Balaban J connectivity index is 0.00000208. The molecule has 24 heavy (non-hydrogen) atoms. The third-order valence-corrected chi connectivity index (χ3v) is 5.44. The molecule has 7 heteroatoms. The Hall–Kier alpha value is -1.30. The van der Waals surface area contributed by atoms with Crippen molar-refractivity contribution in [2.24, 2.45) is 11.3 Å². The molecule has 0 spiro atoms. The van der Waals surface area contributed by atoms with Gasteiger partial charge in [0.1, 0.15) is 0 Å². The van der Waals surface area contributed by atoms with Crippen molar-refractivity contribution in [3.05, 3.63) is 28.8 Å². The lowest BCUT2D eigenvalue weighted by Gasteiger charge is -2.23.